The fourth-order valence-corrected chi connectivity index (χ4v) is 2.71. The number of carbonyl (C=O) groups is 1. The van der Waals surface area contributed by atoms with Gasteiger partial charge in [-0.15, -0.1) is 0 Å². The van der Waals surface area contributed by atoms with E-state index in [-0.39, 0.29) is 11.5 Å². The second-order valence-electron chi connectivity index (χ2n) is 5.14. The average molecular weight is 270 g/mol. The normalized spacial score (nSPS) is 29.4. The number of benzene rings is 1. The summed E-state index contributed by atoms with van der Waals surface area (Å²) in [5.74, 6) is -1.98. The van der Waals surface area contributed by atoms with Crippen molar-refractivity contribution in [3.05, 3.63) is 35.4 Å². The van der Waals surface area contributed by atoms with E-state index in [9.17, 15) is 13.6 Å². The molecule has 1 aliphatic heterocycles. The summed E-state index contributed by atoms with van der Waals surface area (Å²) in [7, 11) is 1.25. The van der Waals surface area contributed by atoms with Crippen LogP contribution in [0.1, 0.15) is 26.3 Å². The van der Waals surface area contributed by atoms with Gasteiger partial charge in [-0.2, -0.15) is 0 Å². The SMILES string of the molecule is COC(=O)C1(C(C)C)OC1(C)c1cc(F)ccc1F. The van der Waals surface area contributed by atoms with Crippen LogP contribution in [0.25, 0.3) is 0 Å². The fraction of sp³-hybridized carbons (Fsp3) is 0.500. The number of esters is 1. The summed E-state index contributed by atoms with van der Waals surface area (Å²) >= 11 is 0. The van der Waals surface area contributed by atoms with Crippen molar-refractivity contribution in [2.75, 3.05) is 7.11 Å². The minimum Gasteiger partial charge on any atom is -0.467 e. The maximum absolute atomic E-state index is 13.9. The molecule has 1 fully saturated rings. The molecule has 3 nitrogen and oxygen atoms in total. The standard InChI is InChI=1S/C14H16F2O3/c1-8(2)14(12(17)18-4)13(3,19-14)10-7-9(15)5-6-11(10)16/h5-8H,1-4H3. The highest BCUT2D eigenvalue weighted by atomic mass is 19.1. The zero-order valence-electron chi connectivity index (χ0n) is 11.3. The van der Waals surface area contributed by atoms with Crippen molar-refractivity contribution >= 4 is 5.97 Å². The highest BCUT2D eigenvalue weighted by molar-refractivity contribution is 5.85. The highest BCUT2D eigenvalue weighted by Gasteiger charge is 2.75. The van der Waals surface area contributed by atoms with E-state index < -0.39 is 28.8 Å². The molecule has 0 aromatic heterocycles. The van der Waals surface area contributed by atoms with Crippen LogP contribution < -0.4 is 0 Å². The Kier molecular flexibility index (Phi) is 3.13. The molecule has 0 saturated carbocycles. The first kappa shape index (κ1) is 13.9. The number of ether oxygens (including phenoxy) is 2. The summed E-state index contributed by atoms with van der Waals surface area (Å²) in [6, 6.07) is 3.11. The van der Waals surface area contributed by atoms with Crippen LogP contribution in [0.4, 0.5) is 8.78 Å². The van der Waals surface area contributed by atoms with E-state index in [1.54, 1.807) is 20.8 Å². The number of halogens is 2. The van der Waals surface area contributed by atoms with Crippen LogP contribution in [-0.2, 0) is 19.9 Å². The van der Waals surface area contributed by atoms with Gasteiger partial charge in [0.05, 0.1) is 7.11 Å². The smallest absolute Gasteiger partial charge is 0.341 e. The Labute approximate surface area is 110 Å². The van der Waals surface area contributed by atoms with Crippen molar-refractivity contribution in [2.45, 2.75) is 32.0 Å². The molecular weight excluding hydrogens is 254 g/mol. The third-order valence-electron chi connectivity index (χ3n) is 3.78. The molecule has 1 aromatic rings. The molecule has 1 aliphatic rings. The average Bonchev–Trinajstić information content (AvgIpc) is 3.00. The topological polar surface area (TPSA) is 38.8 Å². The molecule has 0 N–H and O–H groups in total. The number of rotatable bonds is 3. The number of hydrogen-bond donors (Lipinski definition) is 0. The molecule has 0 amide bonds. The van der Waals surface area contributed by atoms with Crippen molar-refractivity contribution in [2.24, 2.45) is 5.92 Å². The van der Waals surface area contributed by atoms with Gasteiger partial charge in [0.25, 0.3) is 0 Å². The van der Waals surface area contributed by atoms with Gasteiger partial charge in [0.1, 0.15) is 17.2 Å². The van der Waals surface area contributed by atoms with Crippen LogP contribution in [0.2, 0.25) is 0 Å². The maximum atomic E-state index is 13.9. The Morgan fingerprint density at radius 1 is 1.37 bits per heavy atom. The van der Waals surface area contributed by atoms with E-state index >= 15 is 0 Å². The predicted molar refractivity (Wildman–Crippen MR) is 64.4 cm³/mol. The third kappa shape index (κ3) is 1.75. The number of epoxide rings is 1. The predicted octanol–water partition coefficient (Wildman–Crippen LogP) is 2.78. The van der Waals surface area contributed by atoms with Crippen LogP contribution in [0.3, 0.4) is 0 Å². The van der Waals surface area contributed by atoms with Crippen molar-refractivity contribution in [3.8, 4) is 0 Å². The van der Waals surface area contributed by atoms with Gasteiger partial charge in [-0.05, 0) is 31.0 Å². The summed E-state index contributed by atoms with van der Waals surface area (Å²) in [6.07, 6.45) is 0. The molecule has 0 bridgehead atoms. The van der Waals surface area contributed by atoms with E-state index in [2.05, 4.69) is 0 Å². The van der Waals surface area contributed by atoms with E-state index in [0.717, 1.165) is 18.2 Å². The molecule has 2 rings (SSSR count). The lowest BCUT2D eigenvalue weighted by atomic mass is 9.80. The van der Waals surface area contributed by atoms with Crippen LogP contribution in [-0.4, -0.2) is 18.7 Å². The molecule has 2 atom stereocenters. The second-order valence-corrected chi connectivity index (χ2v) is 5.14. The third-order valence-corrected chi connectivity index (χ3v) is 3.78. The molecule has 19 heavy (non-hydrogen) atoms. The fourth-order valence-electron chi connectivity index (χ4n) is 2.71. The number of carbonyl (C=O) groups excluding carboxylic acids is 1. The Morgan fingerprint density at radius 3 is 2.53 bits per heavy atom. The number of hydrogen-bond acceptors (Lipinski definition) is 3. The van der Waals surface area contributed by atoms with Gasteiger partial charge in [-0.1, -0.05) is 13.8 Å². The van der Waals surface area contributed by atoms with E-state index in [0.29, 0.717) is 0 Å². The highest BCUT2D eigenvalue weighted by Crippen LogP contribution is 2.60. The Hall–Kier alpha value is -1.49. The summed E-state index contributed by atoms with van der Waals surface area (Å²) < 4.78 is 37.5. The van der Waals surface area contributed by atoms with Crippen molar-refractivity contribution in [1.29, 1.82) is 0 Å². The van der Waals surface area contributed by atoms with Crippen LogP contribution in [0, 0.1) is 17.6 Å². The molecule has 1 aromatic carbocycles. The van der Waals surface area contributed by atoms with Crippen molar-refractivity contribution in [3.63, 3.8) is 0 Å². The second kappa shape index (κ2) is 4.27. The van der Waals surface area contributed by atoms with E-state index in [4.69, 9.17) is 9.47 Å². The van der Waals surface area contributed by atoms with Crippen molar-refractivity contribution < 1.29 is 23.0 Å². The summed E-state index contributed by atoms with van der Waals surface area (Å²) in [5, 5.41) is 0. The van der Waals surface area contributed by atoms with E-state index in [1.807, 2.05) is 0 Å². The largest absolute Gasteiger partial charge is 0.467 e. The zero-order valence-corrected chi connectivity index (χ0v) is 11.3. The molecule has 104 valence electrons. The monoisotopic (exact) mass is 270 g/mol. The summed E-state index contributed by atoms with van der Waals surface area (Å²) in [6.45, 7) is 5.13. The molecule has 0 aliphatic carbocycles. The molecule has 5 heteroatoms. The Bertz CT molecular complexity index is 529. The van der Waals surface area contributed by atoms with E-state index in [1.165, 1.54) is 7.11 Å². The summed E-state index contributed by atoms with van der Waals surface area (Å²) in [4.78, 5) is 12.0. The lowest BCUT2D eigenvalue weighted by molar-refractivity contribution is -0.148. The molecule has 1 saturated heterocycles. The lowest BCUT2D eigenvalue weighted by Crippen LogP contribution is -2.38. The molecule has 1 heterocycles. The lowest BCUT2D eigenvalue weighted by Gasteiger charge is -2.19. The molecular formula is C14H16F2O3. The summed E-state index contributed by atoms with van der Waals surface area (Å²) in [5.41, 5.74) is -2.44. The maximum Gasteiger partial charge on any atom is 0.341 e. The van der Waals surface area contributed by atoms with Gasteiger partial charge in [0, 0.05) is 5.56 Å². The Morgan fingerprint density at radius 2 is 2.00 bits per heavy atom. The minimum absolute atomic E-state index is 0.0339. The first-order chi connectivity index (χ1) is 8.79. The van der Waals surface area contributed by atoms with Crippen LogP contribution in [0.15, 0.2) is 18.2 Å². The molecule has 2 unspecified atom stereocenters. The first-order valence-corrected chi connectivity index (χ1v) is 6.03. The Balaban J connectivity index is 2.51. The first-order valence-electron chi connectivity index (χ1n) is 6.03. The van der Waals surface area contributed by atoms with Gasteiger partial charge in [-0.25, -0.2) is 13.6 Å². The minimum atomic E-state index is -1.27. The van der Waals surface area contributed by atoms with Gasteiger partial charge in [-0.3, -0.25) is 0 Å². The van der Waals surface area contributed by atoms with Gasteiger partial charge < -0.3 is 9.47 Å². The van der Waals surface area contributed by atoms with Gasteiger partial charge >= 0.3 is 5.97 Å². The van der Waals surface area contributed by atoms with Gasteiger partial charge in [0.15, 0.2) is 0 Å². The van der Waals surface area contributed by atoms with Crippen LogP contribution >= 0.6 is 0 Å². The number of methoxy groups -OCH3 is 1. The zero-order chi connectivity index (χ0) is 14.4. The van der Waals surface area contributed by atoms with Crippen LogP contribution in [0.5, 0.6) is 0 Å². The van der Waals surface area contributed by atoms with Crippen molar-refractivity contribution in [1.82, 2.24) is 0 Å². The molecule has 0 spiro atoms. The quantitative estimate of drug-likeness (QED) is 0.626. The molecule has 0 radical (unpaired) electrons. The van der Waals surface area contributed by atoms with Gasteiger partial charge in [0.2, 0.25) is 5.60 Å².